The van der Waals surface area contributed by atoms with Crippen LogP contribution in [-0.4, -0.2) is 37.2 Å². The summed E-state index contributed by atoms with van der Waals surface area (Å²) in [6.07, 6.45) is 81.2. The van der Waals surface area contributed by atoms with Crippen LogP contribution in [0.2, 0.25) is 0 Å². The Morgan fingerprint density at radius 1 is 0.288 bits per heavy atom. The monoisotopic (exact) mass is 1010 g/mol. The van der Waals surface area contributed by atoms with Crippen LogP contribution in [0.4, 0.5) is 0 Å². The largest absolute Gasteiger partial charge is 0.462 e. The van der Waals surface area contributed by atoms with Gasteiger partial charge in [0.1, 0.15) is 13.2 Å². The average molecular weight is 1020 g/mol. The Bertz CT molecular complexity index is 1440. The molecule has 1 unspecified atom stereocenters. The number of unbranched alkanes of at least 4 members (excludes halogenated alkanes) is 28. The third-order valence-corrected chi connectivity index (χ3v) is 13.1. The first-order valence-electron chi connectivity index (χ1n) is 30.7. The Balaban J connectivity index is 4.29. The number of esters is 3. The zero-order valence-electron chi connectivity index (χ0n) is 47.9. The van der Waals surface area contributed by atoms with Crippen molar-refractivity contribution in [1.82, 2.24) is 0 Å². The maximum atomic E-state index is 12.9. The molecule has 0 spiro atoms. The highest BCUT2D eigenvalue weighted by molar-refractivity contribution is 5.71. The average Bonchev–Trinajstić information content (AvgIpc) is 3.39. The minimum absolute atomic E-state index is 0.0827. The molecule has 73 heavy (non-hydrogen) atoms. The third-order valence-electron chi connectivity index (χ3n) is 13.1. The maximum Gasteiger partial charge on any atom is 0.306 e. The van der Waals surface area contributed by atoms with Gasteiger partial charge in [-0.15, -0.1) is 0 Å². The second-order valence-electron chi connectivity index (χ2n) is 20.2. The second-order valence-corrected chi connectivity index (χ2v) is 20.2. The van der Waals surface area contributed by atoms with E-state index >= 15 is 0 Å². The van der Waals surface area contributed by atoms with E-state index in [2.05, 4.69) is 118 Å². The van der Waals surface area contributed by atoms with Crippen LogP contribution >= 0.6 is 0 Å². The molecule has 0 N–H and O–H groups in total. The van der Waals surface area contributed by atoms with Crippen LogP contribution in [0.3, 0.4) is 0 Å². The fourth-order valence-corrected chi connectivity index (χ4v) is 8.54. The zero-order valence-corrected chi connectivity index (χ0v) is 47.9. The van der Waals surface area contributed by atoms with E-state index in [0.717, 1.165) is 128 Å². The summed E-state index contributed by atoms with van der Waals surface area (Å²) >= 11 is 0. The molecule has 418 valence electrons. The van der Waals surface area contributed by atoms with Gasteiger partial charge in [-0.05, 0) is 96.3 Å². The predicted octanol–water partition coefficient (Wildman–Crippen LogP) is 20.9. The molecule has 0 radical (unpaired) electrons. The van der Waals surface area contributed by atoms with Crippen LogP contribution in [0.1, 0.15) is 290 Å². The summed E-state index contributed by atoms with van der Waals surface area (Å²) in [5.41, 5.74) is 0. The van der Waals surface area contributed by atoms with Gasteiger partial charge >= 0.3 is 17.9 Å². The lowest BCUT2D eigenvalue weighted by molar-refractivity contribution is -0.167. The lowest BCUT2D eigenvalue weighted by Crippen LogP contribution is -2.30. The topological polar surface area (TPSA) is 78.9 Å². The number of carbonyl (C=O) groups excluding carboxylic acids is 3. The van der Waals surface area contributed by atoms with E-state index in [9.17, 15) is 14.4 Å². The van der Waals surface area contributed by atoms with Crippen LogP contribution in [0.25, 0.3) is 0 Å². The molecule has 0 aliphatic rings. The van der Waals surface area contributed by atoms with Gasteiger partial charge in [0, 0.05) is 19.3 Å². The Kier molecular flexibility index (Phi) is 57.8. The van der Waals surface area contributed by atoms with Crippen molar-refractivity contribution in [2.24, 2.45) is 0 Å². The first-order valence-corrected chi connectivity index (χ1v) is 30.7. The number of rotatable bonds is 55. The van der Waals surface area contributed by atoms with Gasteiger partial charge < -0.3 is 14.2 Å². The summed E-state index contributed by atoms with van der Waals surface area (Å²) in [7, 11) is 0. The first kappa shape index (κ1) is 69.3. The molecule has 0 aliphatic carbocycles. The number of hydrogen-bond donors (Lipinski definition) is 0. The van der Waals surface area contributed by atoms with Gasteiger partial charge in [0.2, 0.25) is 0 Å². The van der Waals surface area contributed by atoms with E-state index in [1.54, 1.807) is 0 Å². The molecule has 0 amide bonds. The number of hydrogen-bond acceptors (Lipinski definition) is 6. The van der Waals surface area contributed by atoms with Crippen molar-refractivity contribution in [1.29, 1.82) is 0 Å². The van der Waals surface area contributed by atoms with Crippen LogP contribution in [0.5, 0.6) is 0 Å². The molecule has 0 aromatic carbocycles. The Hall–Kier alpha value is -3.67. The SMILES string of the molecule is CC/C=C\C/C=C\C/C=C\C/C=C\C/C=C\CCCCCCCCCCCCCC(=O)OCC(COC(=O)CCCCCCCCCCCCCCC)OC(=O)CCCCCCC/C=C\C/C=C\C/C=C\CC. The molecule has 1 atom stereocenters. The molecular weight excluding hydrogens is 901 g/mol. The van der Waals surface area contributed by atoms with Gasteiger partial charge in [0.05, 0.1) is 0 Å². The van der Waals surface area contributed by atoms with E-state index in [0.29, 0.717) is 19.3 Å². The molecule has 0 aromatic rings. The minimum atomic E-state index is -0.787. The van der Waals surface area contributed by atoms with Crippen LogP contribution < -0.4 is 0 Å². The summed E-state index contributed by atoms with van der Waals surface area (Å²) in [4.78, 5) is 38.2. The minimum Gasteiger partial charge on any atom is -0.462 e. The van der Waals surface area contributed by atoms with Crippen LogP contribution in [0.15, 0.2) is 97.2 Å². The summed E-state index contributed by atoms with van der Waals surface area (Å²) in [6, 6.07) is 0. The van der Waals surface area contributed by atoms with Gasteiger partial charge in [0.25, 0.3) is 0 Å². The Labute approximate surface area is 451 Å². The van der Waals surface area contributed by atoms with Crippen molar-refractivity contribution in [3.63, 3.8) is 0 Å². The predicted molar refractivity (Wildman–Crippen MR) is 316 cm³/mol. The molecule has 0 aromatic heterocycles. The van der Waals surface area contributed by atoms with Crippen molar-refractivity contribution in [2.45, 2.75) is 297 Å². The Morgan fingerprint density at radius 3 is 0.836 bits per heavy atom. The van der Waals surface area contributed by atoms with E-state index < -0.39 is 6.10 Å². The van der Waals surface area contributed by atoms with Crippen molar-refractivity contribution in [3.05, 3.63) is 97.2 Å². The Morgan fingerprint density at radius 2 is 0.534 bits per heavy atom. The lowest BCUT2D eigenvalue weighted by atomic mass is 10.0. The molecule has 0 fully saturated rings. The van der Waals surface area contributed by atoms with E-state index in [4.69, 9.17) is 14.2 Å². The lowest BCUT2D eigenvalue weighted by Gasteiger charge is -2.18. The molecule has 6 heteroatoms. The van der Waals surface area contributed by atoms with Gasteiger partial charge in [-0.25, -0.2) is 0 Å². The molecule has 0 saturated carbocycles. The van der Waals surface area contributed by atoms with Crippen molar-refractivity contribution in [3.8, 4) is 0 Å². The highest BCUT2D eigenvalue weighted by atomic mass is 16.6. The molecular formula is C67H114O6. The summed E-state index contributed by atoms with van der Waals surface area (Å²) in [6.45, 7) is 6.42. The van der Waals surface area contributed by atoms with Crippen molar-refractivity contribution >= 4 is 17.9 Å². The number of allylic oxidation sites excluding steroid dienone is 16. The highest BCUT2D eigenvalue weighted by Gasteiger charge is 2.19. The molecule has 0 aliphatic heterocycles. The molecule has 0 saturated heterocycles. The van der Waals surface area contributed by atoms with E-state index in [-0.39, 0.29) is 31.1 Å². The summed E-state index contributed by atoms with van der Waals surface area (Å²) in [5.74, 6) is -0.895. The summed E-state index contributed by atoms with van der Waals surface area (Å²) in [5, 5.41) is 0. The van der Waals surface area contributed by atoms with Crippen LogP contribution in [-0.2, 0) is 28.6 Å². The molecule has 0 heterocycles. The first-order chi connectivity index (χ1) is 36.0. The van der Waals surface area contributed by atoms with Crippen LogP contribution in [0, 0.1) is 0 Å². The number of ether oxygens (including phenoxy) is 3. The third kappa shape index (κ3) is 59.1. The summed E-state index contributed by atoms with van der Waals surface area (Å²) < 4.78 is 16.9. The molecule has 0 rings (SSSR count). The van der Waals surface area contributed by atoms with E-state index in [1.165, 1.54) is 122 Å². The van der Waals surface area contributed by atoms with Crippen molar-refractivity contribution in [2.75, 3.05) is 13.2 Å². The van der Waals surface area contributed by atoms with Crippen molar-refractivity contribution < 1.29 is 28.6 Å². The smallest absolute Gasteiger partial charge is 0.306 e. The van der Waals surface area contributed by atoms with E-state index in [1.807, 2.05) is 0 Å². The standard InChI is InChI=1S/C67H114O6/c1-4-7-10-13-16-19-22-25-27-28-29-30-31-32-33-34-35-36-37-38-40-42-45-48-51-54-57-60-66(69)72-63-64(62-71-65(68)59-56-53-50-47-44-41-24-21-18-15-12-9-6-3)73-67(70)61-58-55-52-49-46-43-39-26-23-20-17-14-11-8-5-2/h7-8,10-11,16-17,19-20,25-27,29-30,32-33,39,64H,4-6,9,12-15,18,21-24,28,31,34-38,40-63H2,1-3H3/b10-7-,11-8-,19-16-,20-17-,27-25-,30-29-,33-32-,39-26-. The van der Waals surface area contributed by atoms with Gasteiger partial charge in [-0.1, -0.05) is 272 Å². The number of carbonyl (C=O) groups is 3. The molecule has 6 nitrogen and oxygen atoms in total. The zero-order chi connectivity index (χ0) is 52.9. The second kappa shape index (κ2) is 60.9. The quantitative estimate of drug-likeness (QED) is 0.0261. The molecule has 0 bridgehead atoms. The normalized spacial score (nSPS) is 12.8. The fraction of sp³-hybridized carbons (Fsp3) is 0.716. The maximum absolute atomic E-state index is 12.9. The van der Waals surface area contributed by atoms with Gasteiger partial charge in [-0.2, -0.15) is 0 Å². The van der Waals surface area contributed by atoms with Gasteiger partial charge in [0.15, 0.2) is 6.10 Å². The fourth-order valence-electron chi connectivity index (χ4n) is 8.54. The highest BCUT2D eigenvalue weighted by Crippen LogP contribution is 2.16. The van der Waals surface area contributed by atoms with Gasteiger partial charge in [-0.3, -0.25) is 14.4 Å².